The van der Waals surface area contributed by atoms with Crippen molar-refractivity contribution in [3.05, 3.63) is 27.5 Å². The van der Waals surface area contributed by atoms with Gasteiger partial charge in [0.25, 0.3) is 5.56 Å². The van der Waals surface area contributed by atoms with Crippen LogP contribution in [-0.2, 0) is 6.42 Å². The number of nitrogens with zero attached hydrogens (tertiary/aromatic N) is 1. The molecule has 0 spiro atoms. The molecule has 0 aliphatic rings. The molecule has 7 heteroatoms. The molecule has 1 aromatic heterocycles. The Balaban J connectivity index is 3.25. The number of aromatic nitrogens is 1. The number of aromatic amines is 1. The summed E-state index contributed by atoms with van der Waals surface area (Å²) in [6.45, 7) is 1.44. The van der Waals surface area contributed by atoms with Gasteiger partial charge < -0.3 is 4.74 Å². The fraction of sp³-hybridized carbons (Fsp3) is 0.333. The third-order valence-electron chi connectivity index (χ3n) is 1.81. The first kappa shape index (κ1) is 12.1. The third-order valence-corrected chi connectivity index (χ3v) is 1.81. The van der Waals surface area contributed by atoms with Crippen LogP contribution in [0, 0.1) is 18.3 Å². The number of nitriles is 1. The number of halogens is 3. The van der Waals surface area contributed by atoms with E-state index in [1.54, 1.807) is 6.07 Å². The summed E-state index contributed by atoms with van der Waals surface area (Å²) < 4.78 is 39.6. The van der Waals surface area contributed by atoms with Crippen LogP contribution in [0.4, 0.5) is 13.2 Å². The highest BCUT2D eigenvalue weighted by Gasteiger charge is 2.33. The number of nitrogens with one attached hydrogen (secondary N) is 1. The molecule has 0 radical (unpaired) electrons. The Kier molecular flexibility index (Phi) is 3.22. The van der Waals surface area contributed by atoms with Gasteiger partial charge in [0.2, 0.25) is 5.88 Å². The first-order chi connectivity index (χ1) is 7.33. The van der Waals surface area contributed by atoms with Crippen LogP contribution < -0.4 is 10.3 Å². The molecule has 86 valence electrons. The lowest BCUT2D eigenvalue weighted by Gasteiger charge is -2.12. The van der Waals surface area contributed by atoms with Crippen LogP contribution >= 0.6 is 0 Å². The molecule has 0 aromatic carbocycles. The van der Waals surface area contributed by atoms with Crippen molar-refractivity contribution in [2.24, 2.45) is 0 Å². The van der Waals surface area contributed by atoms with Crippen molar-refractivity contribution in [2.45, 2.75) is 19.7 Å². The molecule has 0 bridgehead atoms. The average Bonchev–Trinajstić information content (AvgIpc) is 2.08. The highest BCUT2D eigenvalue weighted by atomic mass is 19.4. The molecule has 0 fully saturated rings. The van der Waals surface area contributed by atoms with E-state index < -0.39 is 17.8 Å². The van der Waals surface area contributed by atoms with Crippen LogP contribution in [0.15, 0.2) is 10.9 Å². The predicted octanol–water partition coefficient (Wildman–Crippen LogP) is 1.65. The Morgan fingerprint density at radius 1 is 1.56 bits per heavy atom. The molecule has 0 aliphatic heterocycles. The van der Waals surface area contributed by atoms with Gasteiger partial charge in [-0.25, -0.2) is 0 Å². The van der Waals surface area contributed by atoms with E-state index in [9.17, 15) is 18.0 Å². The Morgan fingerprint density at radius 3 is 2.69 bits per heavy atom. The quantitative estimate of drug-likeness (QED) is 0.842. The SMILES string of the molecule is Cc1cc(=O)[nH]c(OC(F)(F)F)c1CC#N. The van der Waals surface area contributed by atoms with Gasteiger partial charge in [0.15, 0.2) is 0 Å². The lowest BCUT2D eigenvalue weighted by molar-refractivity contribution is -0.276. The summed E-state index contributed by atoms with van der Waals surface area (Å²) in [6, 6.07) is 2.81. The minimum atomic E-state index is -4.90. The molecule has 0 aliphatic carbocycles. The molecule has 0 atom stereocenters. The zero-order chi connectivity index (χ0) is 12.3. The average molecular weight is 232 g/mol. The van der Waals surface area contributed by atoms with Gasteiger partial charge in [-0.15, -0.1) is 13.2 Å². The summed E-state index contributed by atoms with van der Waals surface area (Å²) in [5.74, 6) is -0.723. The smallest absolute Gasteiger partial charge is 0.389 e. The Hall–Kier alpha value is -1.97. The van der Waals surface area contributed by atoms with E-state index in [0.29, 0.717) is 0 Å². The number of ether oxygens (including phenoxy) is 1. The number of rotatable bonds is 2. The first-order valence-electron chi connectivity index (χ1n) is 4.19. The van der Waals surface area contributed by atoms with E-state index in [0.717, 1.165) is 6.07 Å². The molecule has 1 aromatic rings. The van der Waals surface area contributed by atoms with Gasteiger partial charge in [-0.1, -0.05) is 0 Å². The first-order valence-corrected chi connectivity index (χ1v) is 4.19. The van der Waals surface area contributed by atoms with Crippen LogP contribution in [0.25, 0.3) is 0 Å². The van der Waals surface area contributed by atoms with E-state index in [-0.39, 0.29) is 17.5 Å². The standard InChI is InChI=1S/C9H7F3N2O2/c1-5-4-7(15)14-8(6(5)2-3-13)16-9(10,11)12/h4H,2H2,1H3,(H,14,15). The second kappa shape index (κ2) is 4.26. The molecule has 0 unspecified atom stereocenters. The topological polar surface area (TPSA) is 65.9 Å². The second-order valence-corrected chi connectivity index (χ2v) is 3.01. The molecule has 16 heavy (non-hydrogen) atoms. The van der Waals surface area contributed by atoms with Crippen molar-refractivity contribution >= 4 is 0 Å². The van der Waals surface area contributed by atoms with Crippen molar-refractivity contribution in [1.29, 1.82) is 5.26 Å². The molecular weight excluding hydrogens is 225 g/mol. The summed E-state index contributed by atoms with van der Waals surface area (Å²) in [5, 5.41) is 8.46. The fourth-order valence-electron chi connectivity index (χ4n) is 1.19. The maximum atomic E-state index is 12.0. The number of H-pyrrole nitrogens is 1. The highest BCUT2D eigenvalue weighted by molar-refractivity contribution is 5.35. The van der Waals surface area contributed by atoms with Gasteiger partial charge >= 0.3 is 6.36 Å². The maximum Gasteiger partial charge on any atom is 0.574 e. The van der Waals surface area contributed by atoms with Gasteiger partial charge in [-0.2, -0.15) is 5.26 Å². The van der Waals surface area contributed by atoms with E-state index in [1.807, 2.05) is 4.98 Å². The fourth-order valence-corrected chi connectivity index (χ4v) is 1.19. The number of hydrogen-bond donors (Lipinski definition) is 1. The van der Waals surface area contributed by atoms with Crippen LogP contribution in [0.2, 0.25) is 0 Å². The number of pyridine rings is 1. The monoisotopic (exact) mass is 232 g/mol. The molecule has 0 saturated heterocycles. The van der Waals surface area contributed by atoms with Crippen LogP contribution in [0.1, 0.15) is 11.1 Å². The number of aryl methyl sites for hydroxylation is 1. The Bertz CT molecular complexity index is 485. The van der Waals surface area contributed by atoms with E-state index in [4.69, 9.17) is 5.26 Å². The van der Waals surface area contributed by atoms with Gasteiger partial charge in [-0.3, -0.25) is 9.78 Å². The second-order valence-electron chi connectivity index (χ2n) is 3.01. The van der Waals surface area contributed by atoms with Crippen LogP contribution in [0.5, 0.6) is 5.88 Å². The van der Waals surface area contributed by atoms with Crippen molar-refractivity contribution in [3.8, 4) is 11.9 Å². The minimum absolute atomic E-state index is 0.0272. The normalized spacial score (nSPS) is 10.9. The van der Waals surface area contributed by atoms with E-state index >= 15 is 0 Å². The molecule has 4 nitrogen and oxygen atoms in total. The van der Waals surface area contributed by atoms with Gasteiger partial charge in [-0.05, 0) is 12.5 Å². The predicted molar refractivity (Wildman–Crippen MR) is 47.8 cm³/mol. The van der Waals surface area contributed by atoms with E-state index in [1.165, 1.54) is 6.92 Å². The summed E-state index contributed by atoms with van der Waals surface area (Å²) >= 11 is 0. The highest BCUT2D eigenvalue weighted by Crippen LogP contribution is 2.25. The van der Waals surface area contributed by atoms with Crippen molar-refractivity contribution < 1.29 is 17.9 Å². The number of hydrogen-bond acceptors (Lipinski definition) is 3. The molecule has 1 N–H and O–H groups in total. The van der Waals surface area contributed by atoms with Crippen LogP contribution in [-0.4, -0.2) is 11.3 Å². The summed E-state index contributed by atoms with van der Waals surface area (Å²) in [6.07, 6.45) is -5.17. The Labute approximate surface area is 88.3 Å². The third kappa shape index (κ3) is 3.02. The van der Waals surface area contributed by atoms with E-state index in [2.05, 4.69) is 4.74 Å². The summed E-state index contributed by atoms with van der Waals surface area (Å²) in [5.41, 5.74) is -0.401. The maximum absolute atomic E-state index is 12.0. The zero-order valence-corrected chi connectivity index (χ0v) is 8.18. The molecule has 1 rings (SSSR count). The minimum Gasteiger partial charge on any atom is -0.389 e. The summed E-state index contributed by atoms with van der Waals surface area (Å²) in [7, 11) is 0. The molecule has 0 amide bonds. The van der Waals surface area contributed by atoms with Crippen molar-refractivity contribution in [1.82, 2.24) is 4.98 Å². The zero-order valence-electron chi connectivity index (χ0n) is 8.18. The van der Waals surface area contributed by atoms with Gasteiger partial charge in [0.1, 0.15) is 0 Å². The largest absolute Gasteiger partial charge is 0.574 e. The molecule has 0 saturated carbocycles. The molecule has 1 heterocycles. The Morgan fingerprint density at radius 2 is 2.19 bits per heavy atom. The van der Waals surface area contributed by atoms with Gasteiger partial charge in [0.05, 0.1) is 12.5 Å². The van der Waals surface area contributed by atoms with Gasteiger partial charge in [0, 0.05) is 11.6 Å². The van der Waals surface area contributed by atoms with Crippen LogP contribution in [0.3, 0.4) is 0 Å². The van der Waals surface area contributed by atoms with Crippen molar-refractivity contribution in [3.63, 3.8) is 0 Å². The lowest BCUT2D eigenvalue weighted by Crippen LogP contribution is -2.22. The number of alkyl halides is 3. The van der Waals surface area contributed by atoms with Crippen molar-refractivity contribution in [2.75, 3.05) is 0 Å². The summed E-state index contributed by atoms with van der Waals surface area (Å²) in [4.78, 5) is 12.9. The molecular formula is C9H7F3N2O2. The lowest BCUT2D eigenvalue weighted by atomic mass is 10.1.